The Morgan fingerprint density at radius 1 is 1.42 bits per heavy atom. The summed E-state index contributed by atoms with van der Waals surface area (Å²) in [4.78, 5) is 16.2. The second-order valence-corrected chi connectivity index (χ2v) is 4.74. The van der Waals surface area contributed by atoms with Gasteiger partial charge in [0.05, 0.1) is 12.8 Å². The van der Waals surface area contributed by atoms with Crippen molar-refractivity contribution in [1.29, 1.82) is 0 Å². The van der Waals surface area contributed by atoms with E-state index in [-0.39, 0.29) is 5.69 Å². The molecule has 0 radical (unpaired) electrons. The van der Waals surface area contributed by atoms with E-state index in [0.717, 1.165) is 5.56 Å². The van der Waals surface area contributed by atoms with E-state index >= 15 is 0 Å². The minimum absolute atomic E-state index is 0.216. The maximum Gasteiger partial charge on any atom is 0.353 e. The van der Waals surface area contributed by atoms with Crippen molar-refractivity contribution in [3.05, 3.63) is 41.5 Å². The number of para-hydroxylation sites is 1. The van der Waals surface area contributed by atoms with Gasteiger partial charge in [-0.25, -0.2) is 9.78 Å². The van der Waals surface area contributed by atoms with Gasteiger partial charge in [0.25, 0.3) is 0 Å². The first-order chi connectivity index (χ1) is 9.20. The molecule has 0 amide bonds. The van der Waals surface area contributed by atoms with Crippen LogP contribution in [0.3, 0.4) is 0 Å². The van der Waals surface area contributed by atoms with E-state index in [4.69, 9.17) is 9.84 Å². The fraction of sp³-hybridized carbons (Fsp3) is 0.0769. The summed E-state index contributed by atoms with van der Waals surface area (Å²) in [6.45, 7) is 0. The molecule has 0 atom stereocenters. The van der Waals surface area contributed by atoms with E-state index in [1.165, 1.54) is 11.3 Å². The standard InChI is InChI=1S/C13H10N2O3S/c1-18-11-5-3-2-4-8(11)9-6-15-10(12(16)17)7-19-13(15)14-9/h2-7H,1H3,(H,16,17). The summed E-state index contributed by atoms with van der Waals surface area (Å²) in [5.74, 6) is -0.250. The number of thiazole rings is 1. The average Bonchev–Trinajstić information content (AvgIpc) is 2.97. The number of fused-ring (bicyclic) bond motifs is 1. The summed E-state index contributed by atoms with van der Waals surface area (Å²) in [6.07, 6.45) is 1.72. The minimum atomic E-state index is -0.963. The van der Waals surface area contributed by atoms with Crippen molar-refractivity contribution in [2.24, 2.45) is 0 Å². The van der Waals surface area contributed by atoms with E-state index in [2.05, 4.69) is 4.98 Å². The summed E-state index contributed by atoms with van der Waals surface area (Å²) in [6, 6.07) is 7.51. The van der Waals surface area contributed by atoms with Crippen LogP contribution in [0, 0.1) is 0 Å². The van der Waals surface area contributed by atoms with Crippen LogP contribution in [0.15, 0.2) is 35.8 Å². The molecule has 0 saturated heterocycles. The molecule has 0 aliphatic heterocycles. The first-order valence-corrected chi connectivity index (χ1v) is 6.42. The monoisotopic (exact) mass is 274 g/mol. The van der Waals surface area contributed by atoms with Gasteiger partial charge < -0.3 is 9.84 Å². The van der Waals surface area contributed by atoms with Crippen molar-refractivity contribution < 1.29 is 14.6 Å². The summed E-state index contributed by atoms with van der Waals surface area (Å²) < 4.78 is 6.87. The van der Waals surface area contributed by atoms with Crippen molar-refractivity contribution >= 4 is 22.3 Å². The zero-order valence-corrected chi connectivity index (χ0v) is 10.8. The highest BCUT2D eigenvalue weighted by Gasteiger charge is 2.15. The Hall–Kier alpha value is -2.34. The molecular formula is C13H10N2O3S. The van der Waals surface area contributed by atoms with Crippen LogP contribution in [-0.4, -0.2) is 27.6 Å². The molecular weight excluding hydrogens is 264 g/mol. The van der Waals surface area contributed by atoms with E-state index in [0.29, 0.717) is 16.4 Å². The number of carbonyl (C=O) groups is 1. The number of aromatic nitrogens is 2. The molecule has 96 valence electrons. The molecule has 0 spiro atoms. The lowest BCUT2D eigenvalue weighted by Crippen LogP contribution is -1.99. The number of carboxylic acids is 1. The smallest absolute Gasteiger partial charge is 0.353 e. The SMILES string of the molecule is COc1ccccc1-c1cn2c(C(=O)O)csc2n1. The molecule has 0 fully saturated rings. The van der Waals surface area contributed by atoms with Crippen LogP contribution >= 0.6 is 11.3 Å². The first kappa shape index (κ1) is 11.7. The number of carboxylic acid groups (broad SMARTS) is 1. The van der Waals surface area contributed by atoms with Crippen LogP contribution in [0.2, 0.25) is 0 Å². The van der Waals surface area contributed by atoms with Crippen molar-refractivity contribution in [3.63, 3.8) is 0 Å². The highest BCUT2D eigenvalue weighted by molar-refractivity contribution is 7.15. The van der Waals surface area contributed by atoms with Crippen LogP contribution in [0.1, 0.15) is 10.5 Å². The Bertz CT molecular complexity index is 760. The molecule has 0 aliphatic rings. The fourth-order valence-corrected chi connectivity index (χ4v) is 2.77. The van der Waals surface area contributed by atoms with Crippen LogP contribution in [-0.2, 0) is 0 Å². The quantitative estimate of drug-likeness (QED) is 0.797. The highest BCUT2D eigenvalue weighted by atomic mass is 32.1. The molecule has 2 heterocycles. The summed E-state index contributed by atoms with van der Waals surface area (Å²) in [5.41, 5.74) is 1.76. The Morgan fingerprint density at radius 2 is 2.21 bits per heavy atom. The first-order valence-electron chi connectivity index (χ1n) is 5.54. The van der Waals surface area contributed by atoms with E-state index < -0.39 is 5.97 Å². The van der Waals surface area contributed by atoms with E-state index in [1.54, 1.807) is 23.1 Å². The number of aromatic carboxylic acids is 1. The number of rotatable bonds is 3. The van der Waals surface area contributed by atoms with Crippen LogP contribution in [0.5, 0.6) is 5.75 Å². The third kappa shape index (κ3) is 1.86. The van der Waals surface area contributed by atoms with Gasteiger partial charge in [0.2, 0.25) is 0 Å². The predicted molar refractivity (Wildman–Crippen MR) is 72.0 cm³/mol. The number of methoxy groups -OCH3 is 1. The summed E-state index contributed by atoms with van der Waals surface area (Å²) in [5, 5.41) is 10.7. The van der Waals surface area contributed by atoms with E-state index in [1.807, 2.05) is 24.3 Å². The zero-order chi connectivity index (χ0) is 13.4. The zero-order valence-electron chi connectivity index (χ0n) is 10.0. The summed E-state index contributed by atoms with van der Waals surface area (Å²) >= 11 is 1.30. The Morgan fingerprint density at radius 3 is 2.95 bits per heavy atom. The Kier molecular flexibility index (Phi) is 2.72. The van der Waals surface area contributed by atoms with Gasteiger partial charge in [-0.2, -0.15) is 0 Å². The number of imidazole rings is 1. The topological polar surface area (TPSA) is 63.8 Å². The predicted octanol–water partition coefficient (Wildman–Crippen LogP) is 2.77. The van der Waals surface area contributed by atoms with Crippen molar-refractivity contribution in [2.45, 2.75) is 0 Å². The van der Waals surface area contributed by atoms with Crippen molar-refractivity contribution in [2.75, 3.05) is 7.11 Å². The van der Waals surface area contributed by atoms with Gasteiger partial charge in [0, 0.05) is 17.1 Å². The molecule has 1 aromatic carbocycles. The molecule has 0 aliphatic carbocycles. The largest absolute Gasteiger partial charge is 0.496 e. The molecule has 2 aromatic heterocycles. The Labute approximate surface area is 112 Å². The fourth-order valence-electron chi connectivity index (χ4n) is 1.92. The number of nitrogens with zero attached hydrogens (tertiary/aromatic N) is 2. The maximum atomic E-state index is 11.1. The van der Waals surface area contributed by atoms with Gasteiger partial charge in [-0.1, -0.05) is 12.1 Å². The number of hydrogen-bond donors (Lipinski definition) is 1. The number of benzene rings is 1. The van der Waals surface area contributed by atoms with Gasteiger partial charge in [-0.15, -0.1) is 11.3 Å². The van der Waals surface area contributed by atoms with Crippen LogP contribution < -0.4 is 4.74 Å². The molecule has 3 rings (SSSR count). The third-order valence-corrected chi connectivity index (χ3v) is 3.65. The molecule has 0 unspecified atom stereocenters. The molecule has 0 bridgehead atoms. The van der Waals surface area contributed by atoms with E-state index in [9.17, 15) is 4.79 Å². The molecule has 5 nitrogen and oxygen atoms in total. The van der Waals surface area contributed by atoms with Crippen molar-refractivity contribution in [1.82, 2.24) is 9.38 Å². The number of ether oxygens (including phenoxy) is 1. The lowest BCUT2D eigenvalue weighted by atomic mass is 10.1. The van der Waals surface area contributed by atoms with Gasteiger partial charge in [-0.05, 0) is 12.1 Å². The van der Waals surface area contributed by atoms with Crippen LogP contribution in [0.25, 0.3) is 16.2 Å². The van der Waals surface area contributed by atoms with Crippen molar-refractivity contribution in [3.8, 4) is 17.0 Å². The number of hydrogen-bond acceptors (Lipinski definition) is 4. The molecule has 3 aromatic rings. The lowest BCUT2D eigenvalue weighted by molar-refractivity contribution is 0.0689. The second kappa shape index (κ2) is 4.40. The summed E-state index contributed by atoms with van der Waals surface area (Å²) in [7, 11) is 1.60. The third-order valence-electron chi connectivity index (χ3n) is 2.81. The van der Waals surface area contributed by atoms with Gasteiger partial charge >= 0.3 is 5.97 Å². The molecule has 1 N–H and O–H groups in total. The molecule has 19 heavy (non-hydrogen) atoms. The normalized spacial score (nSPS) is 10.8. The average molecular weight is 274 g/mol. The van der Waals surface area contributed by atoms with Gasteiger partial charge in [-0.3, -0.25) is 4.40 Å². The molecule has 0 saturated carbocycles. The molecule has 6 heteroatoms. The highest BCUT2D eigenvalue weighted by Crippen LogP contribution is 2.30. The lowest BCUT2D eigenvalue weighted by Gasteiger charge is -2.04. The maximum absolute atomic E-state index is 11.1. The van der Waals surface area contributed by atoms with Gasteiger partial charge in [0.15, 0.2) is 4.96 Å². The second-order valence-electron chi connectivity index (χ2n) is 3.91. The van der Waals surface area contributed by atoms with Crippen LogP contribution in [0.4, 0.5) is 0 Å². The minimum Gasteiger partial charge on any atom is -0.496 e. The Balaban J connectivity index is 2.18. The van der Waals surface area contributed by atoms with Gasteiger partial charge in [0.1, 0.15) is 11.4 Å².